The average molecular weight is 273 g/mol. The van der Waals surface area contributed by atoms with Crippen LogP contribution in [0.5, 0.6) is 0 Å². The Morgan fingerprint density at radius 2 is 2.29 bits per heavy atom. The van der Waals surface area contributed by atoms with Crippen LogP contribution in [0.4, 0.5) is 0 Å². The van der Waals surface area contributed by atoms with E-state index in [9.17, 15) is 4.79 Å². The van der Waals surface area contributed by atoms with E-state index in [1.54, 1.807) is 6.07 Å². The van der Waals surface area contributed by atoms with E-state index in [2.05, 4.69) is 25.1 Å². The number of carboxylic acid groups (broad SMARTS) is 1. The molecule has 0 radical (unpaired) electrons. The standard InChI is InChI=1S/C12H19NO2S2/c1-8(7-16-4)13(3)6-10-5-11(12(14)15)17-9(10)2/h5,8H,6-7H2,1-4H3,(H,14,15). The molecule has 1 aromatic heterocycles. The Kier molecular flexibility index (Phi) is 5.49. The van der Waals surface area contributed by atoms with Crippen molar-refractivity contribution in [3.05, 3.63) is 21.4 Å². The Bertz CT molecular complexity index is 390. The summed E-state index contributed by atoms with van der Waals surface area (Å²) in [6, 6.07) is 2.29. The van der Waals surface area contributed by atoms with Gasteiger partial charge in [-0.25, -0.2) is 4.79 Å². The summed E-state index contributed by atoms with van der Waals surface area (Å²) >= 11 is 3.19. The summed E-state index contributed by atoms with van der Waals surface area (Å²) in [6.45, 7) is 4.99. The van der Waals surface area contributed by atoms with Crippen LogP contribution in [0, 0.1) is 6.92 Å². The first-order valence-electron chi connectivity index (χ1n) is 5.47. The number of carbonyl (C=O) groups is 1. The van der Waals surface area contributed by atoms with Crippen molar-refractivity contribution in [3.8, 4) is 0 Å². The van der Waals surface area contributed by atoms with Crippen LogP contribution in [-0.2, 0) is 6.54 Å². The monoisotopic (exact) mass is 273 g/mol. The maximum Gasteiger partial charge on any atom is 0.345 e. The zero-order valence-corrected chi connectivity index (χ0v) is 12.3. The fourth-order valence-corrected chi connectivity index (χ4v) is 3.18. The summed E-state index contributed by atoms with van der Waals surface area (Å²) < 4.78 is 0. The van der Waals surface area contributed by atoms with Crippen LogP contribution >= 0.6 is 23.1 Å². The lowest BCUT2D eigenvalue weighted by atomic mass is 10.2. The number of thiophene rings is 1. The summed E-state index contributed by atoms with van der Waals surface area (Å²) in [6.07, 6.45) is 2.10. The van der Waals surface area contributed by atoms with Crippen LogP contribution in [0.1, 0.15) is 27.0 Å². The molecule has 0 aliphatic rings. The van der Waals surface area contributed by atoms with Gasteiger partial charge in [0.15, 0.2) is 0 Å². The zero-order valence-electron chi connectivity index (χ0n) is 10.7. The Morgan fingerprint density at radius 1 is 1.65 bits per heavy atom. The SMILES string of the molecule is CSCC(C)N(C)Cc1cc(C(=O)O)sc1C. The van der Waals surface area contributed by atoms with Gasteiger partial charge in [-0.2, -0.15) is 11.8 Å². The number of carboxylic acids is 1. The second-order valence-corrected chi connectivity index (χ2v) is 6.38. The van der Waals surface area contributed by atoms with E-state index >= 15 is 0 Å². The molecular formula is C12H19NO2S2. The molecule has 5 heteroatoms. The molecule has 0 aromatic carbocycles. The van der Waals surface area contributed by atoms with Gasteiger partial charge in [0.2, 0.25) is 0 Å². The normalized spacial score (nSPS) is 13.0. The van der Waals surface area contributed by atoms with Gasteiger partial charge in [0.05, 0.1) is 0 Å². The molecule has 1 atom stereocenters. The summed E-state index contributed by atoms with van der Waals surface area (Å²) in [4.78, 5) is 14.7. The third-order valence-electron chi connectivity index (χ3n) is 2.81. The van der Waals surface area contributed by atoms with Gasteiger partial charge in [-0.15, -0.1) is 11.3 Å². The van der Waals surface area contributed by atoms with E-state index < -0.39 is 5.97 Å². The second kappa shape index (κ2) is 6.42. The molecule has 0 saturated heterocycles. The van der Waals surface area contributed by atoms with Gasteiger partial charge < -0.3 is 5.11 Å². The smallest absolute Gasteiger partial charge is 0.345 e. The summed E-state index contributed by atoms with van der Waals surface area (Å²) in [5, 5.41) is 8.94. The minimum absolute atomic E-state index is 0.434. The van der Waals surface area contributed by atoms with Gasteiger partial charge in [-0.1, -0.05) is 0 Å². The van der Waals surface area contributed by atoms with E-state index in [-0.39, 0.29) is 0 Å². The first-order valence-corrected chi connectivity index (χ1v) is 7.68. The van der Waals surface area contributed by atoms with E-state index in [1.807, 2.05) is 18.7 Å². The van der Waals surface area contributed by atoms with Gasteiger partial charge >= 0.3 is 5.97 Å². The van der Waals surface area contributed by atoms with Crippen molar-refractivity contribution in [2.75, 3.05) is 19.1 Å². The van der Waals surface area contributed by atoms with E-state index in [1.165, 1.54) is 11.3 Å². The molecule has 0 fully saturated rings. The molecule has 0 aliphatic carbocycles. The van der Waals surface area contributed by atoms with Gasteiger partial charge in [0, 0.05) is 23.2 Å². The van der Waals surface area contributed by atoms with Crippen molar-refractivity contribution < 1.29 is 9.90 Å². The molecule has 0 aliphatic heterocycles. The molecule has 1 unspecified atom stereocenters. The zero-order chi connectivity index (χ0) is 13.0. The molecule has 1 N–H and O–H groups in total. The molecule has 96 valence electrons. The largest absolute Gasteiger partial charge is 0.477 e. The Labute approximate surface area is 111 Å². The summed E-state index contributed by atoms with van der Waals surface area (Å²) in [5.41, 5.74) is 1.13. The molecule has 1 heterocycles. The number of nitrogens with zero attached hydrogens (tertiary/aromatic N) is 1. The summed E-state index contributed by atoms with van der Waals surface area (Å²) in [7, 11) is 2.08. The van der Waals surface area contributed by atoms with Crippen molar-refractivity contribution in [1.82, 2.24) is 4.90 Å². The molecule has 1 aromatic rings. The Morgan fingerprint density at radius 3 is 2.76 bits per heavy atom. The van der Waals surface area contributed by atoms with Crippen molar-refractivity contribution in [3.63, 3.8) is 0 Å². The highest BCUT2D eigenvalue weighted by molar-refractivity contribution is 7.98. The van der Waals surface area contributed by atoms with Crippen LogP contribution in [0.3, 0.4) is 0 Å². The first kappa shape index (κ1) is 14.5. The van der Waals surface area contributed by atoms with E-state index in [4.69, 9.17) is 5.11 Å². The number of hydrogen-bond donors (Lipinski definition) is 1. The molecule has 0 spiro atoms. The van der Waals surface area contributed by atoms with Gasteiger partial charge in [0.1, 0.15) is 4.88 Å². The van der Waals surface area contributed by atoms with Crippen LogP contribution in [0.25, 0.3) is 0 Å². The number of hydrogen-bond acceptors (Lipinski definition) is 4. The lowest BCUT2D eigenvalue weighted by molar-refractivity contribution is 0.0702. The molecule has 0 amide bonds. The van der Waals surface area contributed by atoms with E-state index in [0.717, 1.165) is 22.7 Å². The highest BCUT2D eigenvalue weighted by atomic mass is 32.2. The maximum absolute atomic E-state index is 10.9. The lowest BCUT2D eigenvalue weighted by Crippen LogP contribution is -2.30. The number of aryl methyl sites for hydroxylation is 1. The number of rotatable bonds is 6. The molecule has 0 saturated carbocycles. The van der Waals surface area contributed by atoms with Crippen LogP contribution < -0.4 is 0 Å². The first-order chi connectivity index (χ1) is 7.95. The number of thioether (sulfide) groups is 1. The van der Waals surface area contributed by atoms with E-state index in [0.29, 0.717) is 10.9 Å². The summed E-state index contributed by atoms with van der Waals surface area (Å²) in [5.74, 6) is 0.259. The van der Waals surface area contributed by atoms with Crippen LogP contribution in [0.2, 0.25) is 0 Å². The molecule has 17 heavy (non-hydrogen) atoms. The quantitative estimate of drug-likeness (QED) is 0.865. The lowest BCUT2D eigenvalue weighted by Gasteiger charge is -2.23. The Hall–Kier alpha value is -0.520. The average Bonchev–Trinajstić information content (AvgIpc) is 2.61. The molecule has 1 rings (SSSR count). The van der Waals surface area contributed by atoms with Crippen molar-refractivity contribution in [2.45, 2.75) is 26.4 Å². The van der Waals surface area contributed by atoms with Crippen molar-refractivity contribution in [1.29, 1.82) is 0 Å². The third-order valence-corrected chi connectivity index (χ3v) is 4.71. The highest BCUT2D eigenvalue weighted by Crippen LogP contribution is 2.23. The van der Waals surface area contributed by atoms with Gasteiger partial charge in [0.25, 0.3) is 0 Å². The topological polar surface area (TPSA) is 40.5 Å². The van der Waals surface area contributed by atoms with Crippen molar-refractivity contribution >= 4 is 29.1 Å². The van der Waals surface area contributed by atoms with Crippen molar-refractivity contribution in [2.24, 2.45) is 0 Å². The number of aromatic carboxylic acids is 1. The van der Waals surface area contributed by atoms with Crippen LogP contribution in [0.15, 0.2) is 6.07 Å². The molecular weight excluding hydrogens is 254 g/mol. The minimum Gasteiger partial charge on any atom is -0.477 e. The fraction of sp³-hybridized carbons (Fsp3) is 0.583. The predicted molar refractivity (Wildman–Crippen MR) is 75.3 cm³/mol. The molecule has 3 nitrogen and oxygen atoms in total. The van der Waals surface area contributed by atoms with Gasteiger partial charge in [-0.05, 0) is 38.8 Å². The fourth-order valence-electron chi connectivity index (χ4n) is 1.58. The second-order valence-electron chi connectivity index (χ2n) is 4.22. The maximum atomic E-state index is 10.9. The minimum atomic E-state index is -0.829. The van der Waals surface area contributed by atoms with Crippen LogP contribution in [-0.4, -0.2) is 41.1 Å². The Balaban J connectivity index is 2.71. The van der Waals surface area contributed by atoms with Gasteiger partial charge in [-0.3, -0.25) is 4.90 Å². The predicted octanol–water partition coefficient (Wildman–Crippen LogP) is 2.94. The highest BCUT2D eigenvalue weighted by Gasteiger charge is 2.14. The molecule has 0 bridgehead atoms. The third kappa shape index (κ3) is 4.01.